The van der Waals surface area contributed by atoms with Crippen LogP contribution in [-0.2, 0) is 78.3 Å². The molecule has 0 aromatic heterocycles. The molecule has 0 unspecified atom stereocenters. The largest absolute Gasteiger partial charge is 0.481 e. The number of hydrogen-bond acceptors (Lipinski definition) is 20. The highest BCUT2D eigenvalue weighted by atomic mass is 16.4. The van der Waals surface area contributed by atoms with E-state index < -0.39 is 214 Å². The highest BCUT2D eigenvalue weighted by Gasteiger charge is 2.45. The maximum Gasteiger partial charge on any atom is 0.326 e. The van der Waals surface area contributed by atoms with Crippen molar-refractivity contribution < 1.29 is 97.5 Å². The summed E-state index contributed by atoms with van der Waals surface area (Å²) in [6.45, 7) is -0.913. The van der Waals surface area contributed by atoms with Crippen molar-refractivity contribution in [3.63, 3.8) is 0 Å². The molecule has 0 radical (unpaired) electrons. The Labute approximate surface area is 541 Å². The number of carbonyl (C=O) groups is 15. The van der Waals surface area contributed by atoms with E-state index in [1.807, 2.05) is 0 Å². The van der Waals surface area contributed by atoms with E-state index in [0.717, 1.165) is 14.7 Å². The zero-order valence-electron chi connectivity index (χ0n) is 52.6. The normalized spacial score (nSPS) is 20.8. The molecule has 0 aliphatic carbocycles. The monoisotopic (exact) mass is 1330 g/mol. The van der Waals surface area contributed by atoms with Gasteiger partial charge in [0.25, 0.3) is 0 Å². The van der Waals surface area contributed by atoms with E-state index >= 15 is 0 Å². The van der Waals surface area contributed by atoms with Crippen LogP contribution in [0.5, 0.6) is 0 Å². The lowest BCUT2D eigenvalue weighted by Crippen LogP contribution is -2.57. The molecule has 18 N–H and O–H groups in total. The second-order valence-corrected chi connectivity index (χ2v) is 23.9. The molecule has 13 amide bonds. The number of carbonyl (C=O) groups excluding carboxylic acids is 13. The van der Waals surface area contributed by atoms with Gasteiger partial charge in [-0.05, 0) is 75.8 Å². The number of aliphatic hydroxyl groups excluding tert-OH is 3. The Morgan fingerprint density at radius 1 is 0.532 bits per heavy atom. The summed E-state index contributed by atoms with van der Waals surface area (Å²) in [7, 11) is 0. The number of rotatable bonds is 35. The summed E-state index contributed by atoms with van der Waals surface area (Å²) >= 11 is 0. The molecule has 0 bridgehead atoms. The van der Waals surface area contributed by atoms with Gasteiger partial charge >= 0.3 is 11.9 Å². The first-order valence-corrected chi connectivity index (χ1v) is 31.3. The van der Waals surface area contributed by atoms with Gasteiger partial charge in [0.05, 0.1) is 51.5 Å². The van der Waals surface area contributed by atoms with Crippen LogP contribution in [0.2, 0.25) is 0 Å². The standard InChI is InChI=1S/C59H89N15O20/c1-32(2)20-38(69-48(81)27-64-54(88)44-23-35(77)30-74(44)58(92)39(68-45(78)24-61)21-33-10-4-3-5-11-33)57(91)72-19-9-13-41(72)52(86)65-28-49(82)71-18-8-14-42(71)55(89)70-40(31-75)51(85)62-25-46(79)66-36(15-16-50(83)84)56(90)73-29-34(76)22-43(73)53(87)63-26-47(80)67-37(59(93)94)12-6-7-17-60/h3-5,10-11,32,34-44,75-77H,6-9,12-31,60-61H2,1-2H3,(H,62,85)(H,63,87)(H,64,88)(H,65,86)(H,66,79)(H,67,80)(H,68,78)(H,69,81)(H,70,89)(H,83,84)(H,93,94)/t34-,35-,36+,37+,38+,39+,40+,41+,42+,43+,44+/m1/s1. The Morgan fingerprint density at radius 3 is 1.55 bits per heavy atom. The van der Waals surface area contributed by atoms with Gasteiger partial charge in [0, 0.05) is 51.9 Å². The lowest BCUT2D eigenvalue weighted by molar-refractivity contribution is -0.143. The smallest absolute Gasteiger partial charge is 0.326 e. The third-order valence-corrected chi connectivity index (χ3v) is 16.2. The highest BCUT2D eigenvalue weighted by molar-refractivity contribution is 5.99. The Bertz CT molecular complexity index is 2910. The van der Waals surface area contributed by atoms with Gasteiger partial charge in [-0.15, -0.1) is 0 Å². The molecular weight excluding hydrogens is 1240 g/mol. The fourth-order valence-corrected chi connectivity index (χ4v) is 11.6. The summed E-state index contributed by atoms with van der Waals surface area (Å²) in [5.74, 6) is -13.6. The van der Waals surface area contributed by atoms with Crippen LogP contribution in [0, 0.1) is 5.92 Å². The van der Waals surface area contributed by atoms with Crippen molar-refractivity contribution in [3.8, 4) is 0 Å². The molecule has 35 nitrogen and oxygen atoms in total. The first-order valence-electron chi connectivity index (χ1n) is 31.3. The van der Waals surface area contributed by atoms with Crippen molar-refractivity contribution in [2.45, 2.75) is 164 Å². The molecule has 94 heavy (non-hydrogen) atoms. The minimum absolute atomic E-state index is 0.0447. The fraction of sp³-hybridized carbons (Fsp3) is 0.644. The number of hydrogen-bond donors (Lipinski definition) is 16. The number of aliphatic hydroxyl groups is 3. The van der Waals surface area contributed by atoms with Crippen molar-refractivity contribution in [3.05, 3.63) is 35.9 Å². The van der Waals surface area contributed by atoms with Crippen LogP contribution < -0.4 is 59.3 Å². The summed E-state index contributed by atoms with van der Waals surface area (Å²) in [4.78, 5) is 202. The maximum absolute atomic E-state index is 14.2. The number of likely N-dealkylation sites (tertiary alicyclic amines) is 4. The molecule has 0 saturated carbocycles. The average Bonchev–Trinajstić information content (AvgIpc) is 1.67. The molecule has 4 aliphatic rings. The van der Waals surface area contributed by atoms with Crippen LogP contribution in [0.4, 0.5) is 0 Å². The zero-order chi connectivity index (χ0) is 69.3. The number of nitrogens with zero attached hydrogens (tertiary/aromatic N) is 4. The molecule has 4 saturated heterocycles. The van der Waals surface area contributed by atoms with Crippen LogP contribution in [0.25, 0.3) is 0 Å². The third-order valence-electron chi connectivity index (χ3n) is 16.2. The van der Waals surface area contributed by atoms with E-state index in [1.165, 1.54) is 4.90 Å². The van der Waals surface area contributed by atoms with Crippen LogP contribution in [0.3, 0.4) is 0 Å². The number of carboxylic acids is 2. The van der Waals surface area contributed by atoms with Crippen molar-refractivity contribution in [1.29, 1.82) is 0 Å². The van der Waals surface area contributed by atoms with Gasteiger partial charge in [-0.3, -0.25) is 67.1 Å². The van der Waals surface area contributed by atoms with Crippen LogP contribution in [0.1, 0.15) is 96.5 Å². The van der Waals surface area contributed by atoms with Gasteiger partial charge in [0.15, 0.2) is 0 Å². The highest BCUT2D eigenvalue weighted by Crippen LogP contribution is 2.24. The summed E-state index contributed by atoms with van der Waals surface area (Å²) in [5.41, 5.74) is 11.7. The number of carboxylic acid groups (broad SMARTS) is 2. The second-order valence-electron chi connectivity index (χ2n) is 23.9. The molecule has 0 spiro atoms. The van der Waals surface area contributed by atoms with Crippen LogP contribution >= 0.6 is 0 Å². The van der Waals surface area contributed by atoms with Crippen LogP contribution in [0.15, 0.2) is 30.3 Å². The van der Waals surface area contributed by atoms with Crippen molar-refractivity contribution >= 4 is 88.7 Å². The first-order chi connectivity index (χ1) is 44.7. The summed E-state index contributed by atoms with van der Waals surface area (Å²) in [6.07, 6.45) is -1.95. The second kappa shape index (κ2) is 37.1. The van der Waals surface area contributed by atoms with Gasteiger partial charge in [-0.1, -0.05) is 44.2 Å². The van der Waals surface area contributed by atoms with Gasteiger partial charge in [0.2, 0.25) is 76.8 Å². The zero-order valence-corrected chi connectivity index (χ0v) is 52.6. The predicted molar refractivity (Wildman–Crippen MR) is 327 cm³/mol. The molecule has 35 heteroatoms. The molecular formula is C59H89N15O20. The Kier molecular flexibility index (Phi) is 29.9. The Balaban J connectivity index is 1.11. The van der Waals surface area contributed by atoms with E-state index in [2.05, 4.69) is 47.9 Å². The SMILES string of the molecule is CC(C)C[C@H](NC(=O)CNC(=O)[C@@H]1C[C@@H](O)CN1C(=O)[C@H](Cc1ccccc1)NC(=O)CN)C(=O)N1CCC[C@H]1C(=O)NCC(=O)N1CCC[C@H]1C(=O)N[C@@H](CO)C(=O)NCC(=O)N[C@@H](CCC(=O)O)C(=O)N1C[C@H](O)C[C@H]1C(=O)NCC(=O)N[C@@H](CCCCN)C(=O)O. The Morgan fingerprint density at radius 2 is 1.02 bits per heavy atom. The number of aliphatic carboxylic acids is 2. The number of β-amino-alcohol motifs (C(OH)–C–C–N with tert-alkyl or cyclic N) is 2. The summed E-state index contributed by atoms with van der Waals surface area (Å²) in [6, 6.07) is -3.07. The average molecular weight is 1330 g/mol. The predicted octanol–water partition coefficient (Wildman–Crippen LogP) is -7.90. The number of nitrogens with two attached hydrogens (primary N) is 2. The Hall–Kier alpha value is -8.93. The number of benzene rings is 1. The van der Waals surface area contributed by atoms with E-state index in [9.17, 15) is 97.5 Å². The molecule has 5 rings (SSSR count). The lowest BCUT2D eigenvalue weighted by atomic mass is 10.0. The van der Waals surface area contributed by atoms with Gasteiger partial charge in [0.1, 0.15) is 54.4 Å². The summed E-state index contributed by atoms with van der Waals surface area (Å²) < 4.78 is 0. The molecule has 520 valence electrons. The molecule has 1 aromatic carbocycles. The van der Waals surface area contributed by atoms with Crippen molar-refractivity contribution in [2.24, 2.45) is 17.4 Å². The molecule has 4 heterocycles. The third kappa shape index (κ3) is 22.7. The van der Waals surface area contributed by atoms with Crippen LogP contribution in [-0.4, -0.2) is 273 Å². The molecule has 11 atom stereocenters. The van der Waals surface area contributed by atoms with E-state index in [0.29, 0.717) is 37.8 Å². The minimum Gasteiger partial charge on any atom is -0.481 e. The van der Waals surface area contributed by atoms with Crippen molar-refractivity contribution in [2.75, 3.05) is 72.1 Å². The minimum atomic E-state index is -1.70. The molecule has 4 aliphatic heterocycles. The quantitative estimate of drug-likeness (QED) is 0.0281. The van der Waals surface area contributed by atoms with Gasteiger partial charge < -0.3 is 104 Å². The van der Waals surface area contributed by atoms with Gasteiger partial charge in [-0.2, -0.15) is 0 Å². The van der Waals surface area contributed by atoms with E-state index in [4.69, 9.17) is 11.5 Å². The fourth-order valence-electron chi connectivity index (χ4n) is 11.6. The van der Waals surface area contributed by atoms with E-state index in [1.54, 1.807) is 44.2 Å². The number of unbranched alkanes of at least 4 members (excludes halogenated alkanes) is 1. The maximum atomic E-state index is 14.2. The van der Waals surface area contributed by atoms with Crippen molar-refractivity contribution in [1.82, 2.24) is 67.5 Å². The topological polar surface area (TPSA) is 530 Å². The number of amides is 13. The molecule has 1 aromatic rings. The number of nitrogens with one attached hydrogen (secondary N) is 9. The first kappa shape index (κ1) is 75.8. The van der Waals surface area contributed by atoms with E-state index in [-0.39, 0.29) is 70.5 Å². The summed E-state index contributed by atoms with van der Waals surface area (Å²) in [5, 5.41) is 71.7. The molecule has 4 fully saturated rings. The lowest BCUT2D eigenvalue weighted by Gasteiger charge is -2.30. The van der Waals surface area contributed by atoms with Gasteiger partial charge in [-0.25, -0.2) is 4.79 Å².